The summed E-state index contributed by atoms with van der Waals surface area (Å²) in [6.07, 6.45) is 6.09. The van der Waals surface area contributed by atoms with Crippen LogP contribution in [0.25, 0.3) is 27.8 Å². The van der Waals surface area contributed by atoms with E-state index in [0.717, 1.165) is 6.07 Å². The van der Waals surface area contributed by atoms with Gasteiger partial charge in [-0.15, -0.1) is 0 Å². The molecule has 5 aromatic rings. The first-order valence-corrected chi connectivity index (χ1v) is 9.84. The Morgan fingerprint density at radius 1 is 1.12 bits per heavy atom. The highest BCUT2D eigenvalue weighted by atomic mass is 19.1. The van der Waals surface area contributed by atoms with Crippen molar-refractivity contribution in [1.82, 2.24) is 29.4 Å². The summed E-state index contributed by atoms with van der Waals surface area (Å²) in [6, 6.07) is 7.53. The fourth-order valence-electron chi connectivity index (χ4n) is 3.80. The number of aliphatic hydroxyl groups is 2. The van der Waals surface area contributed by atoms with Gasteiger partial charge < -0.3 is 10.2 Å². The summed E-state index contributed by atoms with van der Waals surface area (Å²) in [4.78, 5) is 8.21. The molecule has 0 amide bonds. The molecule has 0 unspecified atom stereocenters. The second kappa shape index (κ2) is 7.43. The summed E-state index contributed by atoms with van der Waals surface area (Å²) in [6.45, 7) is 1.58. The first-order chi connectivity index (χ1) is 15.4. The highest BCUT2D eigenvalue weighted by molar-refractivity contribution is 5.80. The molecule has 1 atom stereocenters. The average Bonchev–Trinajstić information content (AvgIpc) is 3.40. The van der Waals surface area contributed by atoms with E-state index in [1.54, 1.807) is 35.3 Å². The zero-order valence-electron chi connectivity index (χ0n) is 16.9. The summed E-state index contributed by atoms with van der Waals surface area (Å²) in [5, 5.41) is 29.2. The second-order valence-corrected chi connectivity index (χ2v) is 7.54. The molecule has 0 bridgehead atoms. The number of fused-ring (bicyclic) bond motifs is 2. The lowest BCUT2D eigenvalue weighted by atomic mass is 9.90. The van der Waals surface area contributed by atoms with Crippen molar-refractivity contribution in [2.45, 2.75) is 19.1 Å². The smallest absolute Gasteiger partial charge is 0.153 e. The molecular weight excluding hydrogens is 418 g/mol. The van der Waals surface area contributed by atoms with Crippen molar-refractivity contribution >= 4 is 16.6 Å². The highest BCUT2D eigenvalue weighted by Crippen LogP contribution is 2.36. The molecule has 0 saturated carbocycles. The minimum Gasteiger partial charge on any atom is -0.394 e. The molecule has 0 aliphatic carbocycles. The van der Waals surface area contributed by atoms with Crippen LogP contribution in [0.5, 0.6) is 0 Å². The number of pyridine rings is 1. The van der Waals surface area contributed by atoms with E-state index in [4.69, 9.17) is 5.11 Å². The molecule has 4 heterocycles. The largest absolute Gasteiger partial charge is 0.394 e. The number of halogens is 2. The Kier molecular flexibility index (Phi) is 4.68. The maximum atomic E-state index is 15.3. The number of imidazole rings is 1. The number of rotatable bonds is 5. The molecule has 0 saturated heterocycles. The van der Waals surface area contributed by atoms with E-state index in [2.05, 4.69) is 20.2 Å². The maximum Gasteiger partial charge on any atom is 0.153 e. The number of nitrogens with zero attached hydrogens (tertiary/aromatic N) is 6. The van der Waals surface area contributed by atoms with Gasteiger partial charge in [-0.3, -0.25) is 9.67 Å². The molecular formula is C22H18F2N6O2. The highest BCUT2D eigenvalue weighted by Gasteiger charge is 2.36. The Morgan fingerprint density at radius 2 is 1.97 bits per heavy atom. The van der Waals surface area contributed by atoms with E-state index in [1.165, 1.54) is 29.9 Å². The van der Waals surface area contributed by atoms with Crippen molar-refractivity contribution in [3.8, 4) is 11.3 Å². The Labute approximate surface area is 180 Å². The van der Waals surface area contributed by atoms with Crippen molar-refractivity contribution in [2.75, 3.05) is 6.61 Å². The van der Waals surface area contributed by atoms with Gasteiger partial charge in [-0.2, -0.15) is 10.2 Å². The first kappa shape index (κ1) is 20.2. The van der Waals surface area contributed by atoms with E-state index in [9.17, 15) is 9.50 Å². The monoisotopic (exact) mass is 436 g/mol. The van der Waals surface area contributed by atoms with Crippen molar-refractivity contribution in [3.05, 3.63) is 78.0 Å². The molecule has 0 spiro atoms. The molecule has 0 fully saturated rings. The third-order valence-electron chi connectivity index (χ3n) is 5.40. The maximum absolute atomic E-state index is 15.3. The molecule has 2 N–H and O–H groups in total. The number of benzene rings is 1. The number of hydrogen-bond donors (Lipinski definition) is 2. The third-order valence-corrected chi connectivity index (χ3v) is 5.40. The summed E-state index contributed by atoms with van der Waals surface area (Å²) < 4.78 is 33.2. The van der Waals surface area contributed by atoms with Crippen molar-refractivity contribution in [1.29, 1.82) is 0 Å². The lowest BCUT2D eigenvalue weighted by molar-refractivity contribution is 0.0871. The van der Waals surface area contributed by atoms with Crippen LogP contribution in [0.15, 0.2) is 55.1 Å². The van der Waals surface area contributed by atoms with Gasteiger partial charge in [0.25, 0.3) is 0 Å². The minimum atomic E-state index is -2.08. The Balaban J connectivity index is 1.66. The summed E-state index contributed by atoms with van der Waals surface area (Å²) >= 11 is 0. The van der Waals surface area contributed by atoms with Crippen LogP contribution in [0, 0.1) is 11.6 Å². The lowest BCUT2D eigenvalue weighted by Crippen LogP contribution is -2.28. The predicted octanol–water partition coefficient (Wildman–Crippen LogP) is 2.67. The summed E-state index contributed by atoms with van der Waals surface area (Å²) in [7, 11) is 0. The molecule has 5 rings (SSSR count). The van der Waals surface area contributed by atoms with Crippen LogP contribution in [0.1, 0.15) is 18.2 Å². The van der Waals surface area contributed by atoms with Crippen molar-refractivity contribution < 1.29 is 19.0 Å². The number of aliphatic hydroxyl groups excluding tert-OH is 1. The number of hydrogen-bond acceptors (Lipinski definition) is 6. The lowest BCUT2D eigenvalue weighted by Gasteiger charge is -2.24. The van der Waals surface area contributed by atoms with Gasteiger partial charge in [0.2, 0.25) is 0 Å². The zero-order chi connectivity index (χ0) is 22.5. The molecule has 0 radical (unpaired) electrons. The molecule has 162 valence electrons. The van der Waals surface area contributed by atoms with Crippen molar-refractivity contribution in [2.24, 2.45) is 0 Å². The Hall–Kier alpha value is -3.76. The second-order valence-electron chi connectivity index (χ2n) is 7.54. The van der Waals surface area contributed by atoms with Gasteiger partial charge >= 0.3 is 0 Å². The van der Waals surface area contributed by atoms with Crippen LogP contribution < -0.4 is 0 Å². The molecule has 8 nitrogen and oxygen atoms in total. The van der Waals surface area contributed by atoms with E-state index < -0.39 is 22.8 Å². The minimum absolute atomic E-state index is 0.0550. The molecule has 0 aliphatic rings. The quantitative estimate of drug-likeness (QED) is 0.439. The SMILES string of the molecule is C[C@@](O)(c1c(F)cc2ncccc2c1F)c1cnc2ccc(-c3cnn(CCO)c3)nn12. The van der Waals surface area contributed by atoms with E-state index in [1.807, 2.05) is 0 Å². The van der Waals surface area contributed by atoms with Crippen LogP contribution in [-0.2, 0) is 12.1 Å². The van der Waals surface area contributed by atoms with Crippen LogP contribution in [0.2, 0.25) is 0 Å². The molecule has 10 heteroatoms. The molecule has 0 aliphatic heterocycles. The Morgan fingerprint density at radius 3 is 2.78 bits per heavy atom. The van der Waals surface area contributed by atoms with Crippen LogP contribution in [0.4, 0.5) is 8.78 Å². The van der Waals surface area contributed by atoms with Crippen LogP contribution in [-0.4, -0.2) is 46.2 Å². The molecule has 4 aromatic heterocycles. The topological polar surface area (TPSA) is 101 Å². The molecule has 32 heavy (non-hydrogen) atoms. The van der Waals surface area contributed by atoms with Crippen LogP contribution >= 0.6 is 0 Å². The Bertz CT molecular complexity index is 1460. The van der Waals surface area contributed by atoms with Gasteiger partial charge in [-0.05, 0) is 31.2 Å². The van der Waals surface area contributed by atoms with Gasteiger partial charge in [-0.1, -0.05) is 0 Å². The van der Waals surface area contributed by atoms with Gasteiger partial charge in [-0.25, -0.2) is 18.3 Å². The van der Waals surface area contributed by atoms with Gasteiger partial charge in [0.05, 0.1) is 48.0 Å². The fourth-order valence-corrected chi connectivity index (χ4v) is 3.80. The predicted molar refractivity (Wildman–Crippen MR) is 112 cm³/mol. The first-order valence-electron chi connectivity index (χ1n) is 9.84. The third kappa shape index (κ3) is 3.12. The van der Waals surface area contributed by atoms with Gasteiger partial charge in [0.15, 0.2) is 5.65 Å². The number of aromatic nitrogens is 6. The van der Waals surface area contributed by atoms with Gasteiger partial charge in [0, 0.05) is 29.4 Å². The van der Waals surface area contributed by atoms with Gasteiger partial charge in [0.1, 0.15) is 17.2 Å². The van der Waals surface area contributed by atoms with E-state index in [0.29, 0.717) is 23.4 Å². The zero-order valence-corrected chi connectivity index (χ0v) is 16.9. The average molecular weight is 436 g/mol. The van der Waals surface area contributed by atoms with E-state index in [-0.39, 0.29) is 23.2 Å². The summed E-state index contributed by atoms with van der Waals surface area (Å²) in [5.74, 6) is -1.82. The van der Waals surface area contributed by atoms with E-state index >= 15 is 4.39 Å². The molecule has 1 aromatic carbocycles. The normalized spacial score (nSPS) is 13.7. The standard InChI is InChI=1S/C22H18F2N6O2/c1-22(32,20-15(23)9-17-14(21(20)24)3-2-6-25-17)18-11-26-19-5-4-16(28-30(18)19)13-10-27-29(12-13)7-8-31/h2-6,9-12,31-32H,7-8H2,1H3/t22-/m0/s1. The van der Waals surface area contributed by atoms with Crippen LogP contribution in [0.3, 0.4) is 0 Å². The summed E-state index contributed by atoms with van der Waals surface area (Å²) in [5.41, 5.74) is -0.754. The fraction of sp³-hybridized carbons (Fsp3) is 0.182. The van der Waals surface area contributed by atoms with Crippen molar-refractivity contribution in [3.63, 3.8) is 0 Å².